The smallest absolute Gasteiger partial charge is 0.377 e. The molecule has 9 saturated carbocycles. The van der Waals surface area contributed by atoms with E-state index in [1.54, 1.807) is 164 Å². The summed E-state index contributed by atoms with van der Waals surface area (Å²) in [5.41, 5.74) is 0. The highest BCUT2D eigenvalue weighted by Gasteiger charge is 2.64. The molecular formula is C99H194O29Si9. The molecule has 0 aromatic rings. The average molecular weight is 2100 g/mol. The van der Waals surface area contributed by atoms with E-state index in [4.69, 9.17) is 120 Å². The molecule has 13 rings (SSSR count). The first-order valence-corrected chi connectivity index (χ1v) is 70.6. The molecule has 4 aliphatic heterocycles. The molecule has 14 bridgehead atoms. The van der Waals surface area contributed by atoms with Crippen LogP contribution in [0.5, 0.6) is 0 Å². The Morgan fingerprint density at radius 1 is 0.197 bits per heavy atom. The number of hydrogen-bond donors (Lipinski definition) is 0. The lowest BCUT2D eigenvalue weighted by Crippen LogP contribution is -2.63. The van der Waals surface area contributed by atoms with Gasteiger partial charge in [0.15, 0.2) is 0 Å². The molecule has 29 nitrogen and oxygen atoms in total. The van der Waals surface area contributed by atoms with E-state index >= 15 is 0 Å². The van der Waals surface area contributed by atoms with E-state index < -0.39 is 79.7 Å². The predicted molar refractivity (Wildman–Crippen MR) is 543 cm³/mol. The molecule has 0 amide bonds. The second-order valence-electron chi connectivity index (χ2n) is 44.6. The van der Waals surface area contributed by atoms with E-state index in [-0.39, 0.29) is 83.8 Å². The molecule has 0 spiro atoms. The molecule has 13 aliphatic rings. The maximum absolute atomic E-state index is 9.28. The maximum atomic E-state index is 9.28. The van der Waals surface area contributed by atoms with Crippen molar-refractivity contribution in [3.63, 3.8) is 0 Å². The van der Waals surface area contributed by atoms with E-state index in [0.29, 0.717) is 82.9 Å². The van der Waals surface area contributed by atoms with Crippen LogP contribution in [0.4, 0.5) is 0 Å². The Balaban J connectivity index is 1.08. The molecule has 800 valence electrons. The zero-order valence-corrected chi connectivity index (χ0v) is 98.7. The van der Waals surface area contributed by atoms with Crippen LogP contribution in [0.2, 0.25) is 42.3 Å². The van der Waals surface area contributed by atoms with Crippen molar-refractivity contribution >= 4 is 79.7 Å². The summed E-state index contributed by atoms with van der Waals surface area (Å²) in [7, 11) is 13.7. The van der Waals surface area contributed by atoms with Crippen LogP contribution in [0.1, 0.15) is 257 Å². The topological polar surface area (TPSA) is 268 Å². The van der Waals surface area contributed by atoms with E-state index in [0.717, 1.165) is 267 Å². The van der Waals surface area contributed by atoms with Gasteiger partial charge < -0.3 is 128 Å². The third-order valence-corrected chi connectivity index (χ3v) is 62.2. The third kappa shape index (κ3) is 29.0. The van der Waals surface area contributed by atoms with Gasteiger partial charge in [-0.25, -0.2) is 0 Å². The van der Waals surface area contributed by atoms with E-state index in [2.05, 4.69) is 0 Å². The van der Waals surface area contributed by atoms with Gasteiger partial charge in [0, 0.05) is 213 Å². The van der Waals surface area contributed by atoms with Crippen LogP contribution in [-0.2, 0) is 128 Å². The highest BCUT2D eigenvalue weighted by atomic mass is 28.4. The molecule has 0 aromatic carbocycles. The van der Waals surface area contributed by atoms with E-state index in [1.807, 2.05) is 7.11 Å². The monoisotopic (exact) mass is 2100 g/mol. The van der Waals surface area contributed by atoms with Gasteiger partial charge in [-0.2, -0.15) is 0 Å². The van der Waals surface area contributed by atoms with Crippen LogP contribution in [0, 0.1) is 136 Å². The third-order valence-electron chi connectivity index (χ3n) is 38.0. The minimum atomic E-state index is -4.54. The summed E-state index contributed by atoms with van der Waals surface area (Å²) in [5, 5.41) is 0. The van der Waals surface area contributed by atoms with Crippen molar-refractivity contribution in [1.82, 2.24) is 0 Å². The van der Waals surface area contributed by atoms with Crippen molar-refractivity contribution in [3.8, 4) is 0 Å². The molecule has 0 N–H and O–H groups in total. The van der Waals surface area contributed by atoms with Crippen molar-refractivity contribution < 1.29 is 128 Å². The fourth-order valence-corrected chi connectivity index (χ4v) is 48.0. The van der Waals surface area contributed by atoms with Gasteiger partial charge in [0.2, 0.25) is 0 Å². The summed E-state index contributed by atoms with van der Waals surface area (Å²) in [5.74, 6) is 7.49. The van der Waals surface area contributed by atoms with Crippen LogP contribution in [0.15, 0.2) is 0 Å². The van der Waals surface area contributed by atoms with E-state index in [9.17, 15) is 8.85 Å². The standard InChI is InChI=1S/C99H194O29Si9/c1-100-129(101-2,102-3)43-25-32-72-50-78-54-79(51-72)64-88-57-75(35-28-46-132(109-10,110-11)111-12)60-92(71-93-61-76(36-29-47-133(112-13,113-14)114-15)59-91-70-86-42-41-85(63-78)95(86)124-136(121-22,122-23)125-98(91)93)97(88)127-137(123-24)126-96-87-56-74(34-27-45-131(106-7,107-8)108-9)58-90(96)69-83-40-39-82(83)68-84(38-31-49-135(118-19,119-20)120-21)94-67-77(37-30-48-134(115-16,116-17)117-18)62-89(99(94)128-137)66-81-53-73(52-80(55-81)65-87)33-26-44-130(103-4,104-5)105-6/h72-99H,25-71H2,1-24H3/t72?,73?,74?,75?,76?,77?,78?,79?,80?,81?,82?,83?,84?,85?,86?,87?,88?,89?,90?,91?,92?,93?,94?,95?,96?,97?,98?,99?,137-/m0/s1. The fraction of sp³-hybridized carbons (Fsp3) is 1.00. The van der Waals surface area contributed by atoms with Gasteiger partial charge in [-0.15, -0.1) is 0 Å². The normalized spacial score (nSPS) is 36.4. The lowest BCUT2D eigenvalue weighted by Gasteiger charge is -2.55. The van der Waals surface area contributed by atoms with Crippen LogP contribution >= 0.6 is 0 Å². The molecule has 38 heteroatoms. The Labute approximate surface area is 839 Å². The first kappa shape index (κ1) is 116. The van der Waals surface area contributed by atoms with Crippen molar-refractivity contribution in [2.45, 2.75) is 330 Å². The number of hydrogen-bond acceptors (Lipinski definition) is 29. The zero-order valence-electron chi connectivity index (χ0n) is 89.7. The lowest BCUT2D eigenvalue weighted by atomic mass is 9.57. The highest BCUT2D eigenvalue weighted by Crippen LogP contribution is 2.61. The number of rotatable bonds is 54. The fourth-order valence-electron chi connectivity index (χ4n) is 31.1. The van der Waals surface area contributed by atoms with Crippen LogP contribution in [0.3, 0.4) is 0 Å². The minimum Gasteiger partial charge on any atom is -0.377 e. The summed E-state index contributed by atoms with van der Waals surface area (Å²) in [4.78, 5) is 0. The summed E-state index contributed by atoms with van der Waals surface area (Å²) >= 11 is 0. The van der Waals surface area contributed by atoms with Gasteiger partial charge in [-0.1, -0.05) is 44.9 Å². The summed E-state index contributed by atoms with van der Waals surface area (Å²) in [6.45, 7) is 0. The molecule has 0 aromatic heterocycles. The quantitative estimate of drug-likeness (QED) is 0.0512. The molecule has 13 fully saturated rings. The molecule has 4 saturated heterocycles. The van der Waals surface area contributed by atoms with Crippen molar-refractivity contribution in [2.75, 3.05) is 171 Å². The largest absolute Gasteiger partial charge is 0.680 e. The maximum Gasteiger partial charge on any atom is 0.680 e. The van der Waals surface area contributed by atoms with Crippen LogP contribution < -0.4 is 0 Å². The van der Waals surface area contributed by atoms with Crippen molar-refractivity contribution in [1.29, 1.82) is 0 Å². The summed E-state index contributed by atoms with van der Waals surface area (Å²) in [6, 6.07) is 5.23. The number of fused-ring (bicyclic) bond motifs is 7. The summed E-state index contributed by atoms with van der Waals surface area (Å²) in [6.07, 6.45) is 40.9. The molecule has 0 radical (unpaired) electrons. The first-order chi connectivity index (χ1) is 66.2. The SMILES string of the molecule is CO[Si](CCCC1CC2CC(C1)CC1CC(CCC[Si](OC)(OC)OC)CC(CC3CC(CCC[Si](OC)(OC)OC)CC4CC5CCC(C2)C5O[Si](OC)(OC)OC43)C1O[Si@]1(OC)OC2C3CC4CC(CCC[Si](OC)(OC)OC)CC(C4)CC4CC(CCC[Si](OC)(OC)OC)CC(C(CCC[Si](OC)(OC)OC)CC5CCC5CC2CC(CCC[Si](OC)(OC)OC)C3)C4O1)(OC)OC. The zero-order chi connectivity index (χ0) is 98.4. The minimum absolute atomic E-state index is 0.0163. The molecule has 9 aliphatic carbocycles. The van der Waals surface area contributed by atoms with E-state index in [1.165, 1.54) is 32.1 Å². The highest BCUT2D eigenvalue weighted by molar-refractivity contribution is 6.63. The molecule has 28 unspecified atom stereocenters. The Hall–Kier alpha value is 0.792. The van der Waals surface area contributed by atoms with Gasteiger partial charge in [0.25, 0.3) is 0 Å². The van der Waals surface area contributed by atoms with Gasteiger partial charge in [-0.3, -0.25) is 0 Å². The van der Waals surface area contributed by atoms with Crippen molar-refractivity contribution in [3.05, 3.63) is 0 Å². The Morgan fingerprint density at radius 3 is 0.737 bits per heavy atom. The average Bonchev–Trinajstić information content (AvgIpc) is 1.34. The molecule has 137 heavy (non-hydrogen) atoms. The Bertz CT molecular complexity index is 3350. The Morgan fingerprint density at radius 2 is 0.416 bits per heavy atom. The molecule has 29 atom stereocenters. The van der Waals surface area contributed by atoms with Crippen LogP contribution in [-0.4, -0.2) is 281 Å². The molecular weight excluding hydrogens is 1910 g/mol. The van der Waals surface area contributed by atoms with Gasteiger partial charge in [0.1, 0.15) is 0 Å². The summed E-state index contributed by atoms with van der Waals surface area (Å²) < 4.78 is 196. The van der Waals surface area contributed by atoms with Gasteiger partial charge in [0.05, 0.1) is 30.5 Å². The Kier molecular flexibility index (Phi) is 46.5. The van der Waals surface area contributed by atoms with Crippen molar-refractivity contribution in [2.24, 2.45) is 136 Å². The second kappa shape index (κ2) is 54.7. The van der Waals surface area contributed by atoms with Gasteiger partial charge >= 0.3 is 79.7 Å². The molecule has 4 heterocycles. The van der Waals surface area contributed by atoms with Gasteiger partial charge in [-0.05, 0) is 348 Å². The first-order valence-electron chi connectivity index (χ1n) is 53.8. The lowest BCUT2D eigenvalue weighted by molar-refractivity contribution is -0.175. The second-order valence-corrected chi connectivity index (χ2v) is 70.7. The predicted octanol–water partition coefficient (Wildman–Crippen LogP) is 19.8. The van der Waals surface area contributed by atoms with Crippen LogP contribution in [0.25, 0.3) is 0 Å².